The van der Waals surface area contributed by atoms with Crippen LogP contribution < -0.4 is 11.1 Å². The predicted octanol–water partition coefficient (Wildman–Crippen LogP) is 5.32. The molecule has 0 aliphatic heterocycles. The molecule has 2 aromatic carbocycles. The van der Waals surface area contributed by atoms with Gasteiger partial charge in [0.25, 0.3) is 0 Å². The summed E-state index contributed by atoms with van der Waals surface area (Å²) in [5, 5.41) is 15.4. The summed E-state index contributed by atoms with van der Waals surface area (Å²) in [7, 11) is 0. The first-order valence-corrected chi connectivity index (χ1v) is 10.9. The van der Waals surface area contributed by atoms with Crippen LogP contribution in [0.25, 0.3) is 27.2 Å². The molecule has 0 atom stereocenters. The van der Waals surface area contributed by atoms with Crippen molar-refractivity contribution in [3.63, 3.8) is 0 Å². The fourth-order valence-corrected chi connectivity index (χ4v) is 4.38. The lowest BCUT2D eigenvalue weighted by Gasteiger charge is -2.15. The summed E-state index contributed by atoms with van der Waals surface area (Å²) in [5.41, 5.74) is 11.3. The quantitative estimate of drug-likeness (QED) is 0.265. The average molecular weight is 433 g/mol. The third kappa shape index (κ3) is 3.54. The van der Waals surface area contributed by atoms with Crippen LogP contribution in [0, 0.1) is 24.2 Å². The average Bonchev–Trinajstić information content (AvgIpc) is 3.20. The fourth-order valence-electron chi connectivity index (χ4n) is 4.38. The number of benzene rings is 2. The number of hydrogen-bond acceptors (Lipinski definition) is 5. The molecule has 0 radical (unpaired) electrons. The van der Waals surface area contributed by atoms with Gasteiger partial charge < -0.3 is 15.5 Å². The maximum Gasteiger partial charge on any atom is 0.142 e. The number of para-hydroxylation sites is 1. The Balaban J connectivity index is 1.65. The third-order valence-electron chi connectivity index (χ3n) is 5.83. The Kier molecular flexibility index (Phi) is 5.15. The topological polar surface area (TPSA) is 92.1 Å². The molecule has 0 unspecified atom stereocenters. The molecule has 0 bridgehead atoms. The van der Waals surface area contributed by atoms with Crippen molar-refractivity contribution >= 4 is 44.5 Å². The van der Waals surface area contributed by atoms with E-state index in [0.717, 1.165) is 11.2 Å². The van der Waals surface area contributed by atoms with Gasteiger partial charge >= 0.3 is 0 Å². The monoisotopic (exact) mass is 432 g/mol. The second-order valence-corrected chi connectivity index (χ2v) is 7.97. The molecule has 0 saturated carbocycles. The first-order chi connectivity index (χ1) is 16.1. The first-order valence-electron chi connectivity index (χ1n) is 10.9. The third-order valence-corrected chi connectivity index (χ3v) is 5.83. The number of nitrogen functional groups attached to an aromatic ring is 1. The van der Waals surface area contributed by atoms with E-state index in [0.29, 0.717) is 24.3 Å². The summed E-state index contributed by atoms with van der Waals surface area (Å²) < 4.78 is 2.30. The molecule has 3 heterocycles. The summed E-state index contributed by atoms with van der Waals surface area (Å²) in [5.74, 6) is 6.51. The van der Waals surface area contributed by atoms with Crippen LogP contribution in [0.4, 0.5) is 11.6 Å². The summed E-state index contributed by atoms with van der Waals surface area (Å²) in [6.45, 7) is 4.59. The van der Waals surface area contributed by atoms with Gasteiger partial charge in [-0.15, -0.1) is 0 Å². The van der Waals surface area contributed by atoms with Crippen molar-refractivity contribution in [1.82, 2.24) is 14.4 Å². The molecule has 0 spiro atoms. The minimum absolute atomic E-state index is 0.114. The number of rotatable bonds is 4. The lowest BCUT2D eigenvalue weighted by atomic mass is 10.0. The predicted molar refractivity (Wildman–Crippen MR) is 136 cm³/mol. The number of nitrogens with one attached hydrogen (secondary N) is 2. The Morgan fingerprint density at radius 2 is 1.88 bits per heavy atom. The highest BCUT2D eigenvalue weighted by Crippen LogP contribution is 2.31. The lowest BCUT2D eigenvalue weighted by molar-refractivity contribution is 1.00. The van der Waals surface area contributed by atoms with Gasteiger partial charge in [-0.3, -0.25) is 5.41 Å². The zero-order chi connectivity index (χ0) is 22.9. The molecule has 4 N–H and O–H groups in total. The van der Waals surface area contributed by atoms with E-state index < -0.39 is 0 Å². The van der Waals surface area contributed by atoms with Crippen molar-refractivity contribution in [2.24, 2.45) is 0 Å². The van der Waals surface area contributed by atoms with Crippen LogP contribution in [0.15, 0.2) is 60.9 Å². The van der Waals surface area contributed by atoms with Gasteiger partial charge in [-0.05, 0) is 42.0 Å². The van der Waals surface area contributed by atoms with E-state index in [1.807, 2.05) is 6.92 Å². The summed E-state index contributed by atoms with van der Waals surface area (Å²) in [6, 6.07) is 19.2. The van der Waals surface area contributed by atoms with E-state index in [1.54, 1.807) is 0 Å². The van der Waals surface area contributed by atoms with Crippen LogP contribution in [0.1, 0.15) is 30.2 Å². The molecule has 0 aliphatic carbocycles. The standard InChI is InChI=1S/C27H24N6/c1-3-4-11-21(28)25-26(29)31-16-32-27(25)30-15-20-13-19-10-7-8-17(2)24(19)23-14-18-9-5-6-12-22(18)33(20)23/h5-10,12-14,16,28H,3,15H2,1-2H3,(H3,29,30,31,32). The highest BCUT2D eigenvalue weighted by atomic mass is 15.1. The Morgan fingerprint density at radius 3 is 2.73 bits per heavy atom. The molecular weight excluding hydrogens is 408 g/mol. The zero-order valence-corrected chi connectivity index (χ0v) is 18.6. The van der Waals surface area contributed by atoms with E-state index in [9.17, 15) is 0 Å². The Labute approximate surface area is 192 Å². The number of aromatic nitrogens is 3. The van der Waals surface area contributed by atoms with Crippen molar-refractivity contribution in [2.45, 2.75) is 26.8 Å². The molecule has 3 aromatic heterocycles. The molecule has 5 aromatic rings. The van der Waals surface area contributed by atoms with Gasteiger partial charge in [0.15, 0.2) is 0 Å². The summed E-state index contributed by atoms with van der Waals surface area (Å²) in [4.78, 5) is 8.44. The fraction of sp³-hybridized carbons (Fsp3) is 0.148. The van der Waals surface area contributed by atoms with Crippen molar-refractivity contribution < 1.29 is 0 Å². The van der Waals surface area contributed by atoms with E-state index in [2.05, 4.69) is 93.0 Å². The summed E-state index contributed by atoms with van der Waals surface area (Å²) >= 11 is 0. The number of pyridine rings is 1. The maximum absolute atomic E-state index is 8.36. The van der Waals surface area contributed by atoms with Crippen molar-refractivity contribution in [1.29, 1.82) is 5.41 Å². The van der Waals surface area contributed by atoms with E-state index in [1.165, 1.54) is 33.6 Å². The van der Waals surface area contributed by atoms with Gasteiger partial charge in [0, 0.05) is 22.9 Å². The number of nitrogens with two attached hydrogens (primary N) is 1. The van der Waals surface area contributed by atoms with Crippen LogP contribution >= 0.6 is 0 Å². The van der Waals surface area contributed by atoms with Crippen LogP contribution in [0.5, 0.6) is 0 Å². The van der Waals surface area contributed by atoms with Crippen LogP contribution in [0.2, 0.25) is 0 Å². The van der Waals surface area contributed by atoms with Crippen LogP contribution in [-0.4, -0.2) is 20.1 Å². The first kappa shape index (κ1) is 20.5. The second kappa shape index (κ2) is 8.29. The molecule has 33 heavy (non-hydrogen) atoms. The number of nitrogens with zero attached hydrogens (tertiary/aromatic N) is 3. The zero-order valence-electron chi connectivity index (χ0n) is 18.6. The second-order valence-electron chi connectivity index (χ2n) is 7.97. The van der Waals surface area contributed by atoms with Gasteiger partial charge in [0.1, 0.15) is 23.7 Å². The number of anilines is 2. The largest absolute Gasteiger partial charge is 0.383 e. The highest BCUT2D eigenvalue weighted by Gasteiger charge is 2.16. The highest BCUT2D eigenvalue weighted by molar-refractivity contribution is 6.16. The Bertz CT molecular complexity index is 1600. The molecular formula is C27H24N6. The van der Waals surface area contributed by atoms with Gasteiger partial charge in [-0.1, -0.05) is 49.2 Å². The van der Waals surface area contributed by atoms with E-state index in [4.69, 9.17) is 11.1 Å². The molecule has 5 rings (SSSR count). The van der Waals surface area contributed by atoms with Gasteiger partial charge in [-0.2, -0.15) is 0 Å². The maximum atomic E-state index is 8.36. The number of aryl methyl sites for hydroxylation is 1. The minimum Gasteiger partial charge on any atom is -0.383 e. The van der Waals surface area contributed by atoms with E-state index >= 15 is 0 Å². The molecule has 162 valence electrons. The molecule has 0 saturated heterocycles. The minimum atomic E-state index is 0.114. The molecule has 0 amide bonds. The SMILES string of the molecule is CCC#CC(=N)c1c(N)ncnc1NCc1cc2cccc(C)c2c2cc3ccccc3n12. The van der Waals surface area contributed by atoms with Crippen LogP contribution in [0.3, 0.4) is 0 Å². The van der Waals surface area contributed by atoms with Crippen LogP contribution in [-0.2, 0) is 6.54 Å². The van der Waals surface area contributed by atoms with Gasteiger partial charge in [-0.25, -0.2) is 9.97 Å². The summed E-state index contributed by atoms with van der Waals surface area (Å²) in [6.07, 6.45) is 2.07. The lowest BCUT2D eigenvalue weighted by Crippen LogP contribution is -2.13. The normalized spacial score (nSPS) is 11.0. The van der Waals surface area contributed by atoms with Gasteiger partial charge in [0.05, 0.1) is 23.1 Å². The number of fused-ring (bicyclic) bond motifs is 5. The van der Waals surface area contributed by atoms with Crippen molar-refractivity contribution in [3.8, 4) is 11.8 Å². The van der Waals surface area contributed by atoms with Crippen molar-refractivity contribution in [2.75, 3.05) is 11.1 Å². The smallest absolute Gasteiger partial charge is 0.142 e. The number of hydrogen-bond donors (Lipinski definition) is 3. The van der Waals surface area contributed by atoms with Crippen molar-refractivity contribution in [3.05, 3.63) is 77.7 Å². The Morgan fingerprint density at radius 1 is 1.06 bits per heavy atom. The molecule has 6 nitrogen and oxygen atoms in total. The van der Waals surface area contributed by atoms with E-state index in [-0.39, 0.29) is 11.5 Å². The molecule has 0 aliphatic rings. The molecule has 6 heteroatoms. The Hall–Kier alpha value is -4.37. The van der Waals surface area contributed by atoms with Gasteiger partial charge in [0.2, 0.25) is 0 Å². The molecule has 0 fully saturated rings.